The van der Waals surface area contributed by atoms with Crippen molar-refractivity contribution in [1.82, 2.24) is 14.5 Å². The molecule has 0 amide bonds. The summed E-state index contributed by atoms with van der Waals surface area (Å²) >= 11 is -1.06. The topological polar surface area (TPSA) is 111 Å². The molecule has 1 N–H and O–H groups in total. The summed E-state index contributed by atoms with van der Waals surface area (Å²) in [6, 6.07) is 0. The van der Waals surface area contributed by atoms with Crippen molar-refractivity contribution in [3.8, 4) is 0 Å². The van der Waals surface area contributed by atoms with Crippen LogP contribution in [-0.2, 0) is 18.1 Å². The van der Waals surface area contributed by atoms with Crippen LogP contribution in [0.4, 0.5) is 5.82 Å². The van der Waals surface area contributed by atoms with Crippen molar-refractivity contribution >= 4 is 28.2 Å². The highest BCUT2D eigenvalue weighted by molar-refractivity contribution is 7.79. The average Bonchev–Trinajstić information content (AvgIpc) is 2.90. The van der Waals surface area contributed by atoms with Gasteiger partial charge in [-0.3, -0.25) is 0 Å². The fraction of sp³-hybridized carbons (Fsp3) is 0.250. The Morgan fingerprint density at radius 1 is 1.61 bits per heavy atom. The van der Waals surface area contributed by atoms with Crippen LogP contribution in [0.3, 0.4) is 0 Å². The molecule has 0 spiro atoms. The van der Waals surface area contributed by atoms with Gasteiger partial charge in [-0.25, -0.2) is 18.7 Å². The molecule has 2 atom stereocenters. The van der Waals surface area contributed by atoms with E-state index in [-0.39, 0.29) is 11.6 Å². The number of imidazole rings is 1. The van der Waals surface area contributed by atoms with E-state index in [2.05, 4.69) is 9.97 Å². The molecule has 0 aliphatic rings. The number of thiazole rings is 1. The minimum atomic E-state index is -2.25. The lowest BCUT2D eigenvalue weighted by Gasteiger charge is -2.06. The van der Waals surface area contributed by atoms with Crippen LogP contribution in [0.15, 0.2) is 17.8 Å². The lowest BCUT2D eigenvalue weighted by molar-refractivity contribution is -0.391. The van der Waals surface area contributed by atoms with Crippen LogP contribution in [0, 0.1) is 10.1 Å². The van der Waals surface area contributed by atoms with Gasteiger partial charge >= 0.3 is 5.82 Å². The van der Waals surface area contributed by atoms with E-state index in [1.54, 1.807) is 5.38 Å². The molecule has 10 heteroatoms. The molecular formula is C8H8N4O4S2. The summed E-state index contributed by atoms with van der Waals surface area (Å²) in [5, 5.41) is 11.8. The molecule has 0 radical (unpaired) electrons. The maximum atomic E-state index is 11.4. The van der Waals surface area contributed by atoms with Crippen LogP contribution in [0.25, 0.3) is 0 Å². The monoisotopic (exact) mass is 288 g/mol. The summed E-state index contributed by atoms with van der Waals surface area (Å²) in [7, 11) is 1.42. The third-order valence-electron chi connectivity index (χ3n) is 2.30. The summed E-state index contributed by atoms with van der Waals surface area (Å²) in [6.45, 7) is 0. The predicted molar refractivity (Wildman–Crippen MR) is 64.6 cm³/mol. The molecule has 2 rings (SSSR count). The molecule has 2 aromatic heterocycles. The molecule has 0 bridgehead atoms. The first-order valence-corrected chi connectivity index (χ1v) is 6.72. The second kappa shape index (κ2) is 4.92. The second-order valence-electron chi connectivity index (χ2n) is 3.32. The van der Waals surface area contributed by atoms with Crippen LogP contribution in [-0.4, -0.2) is 28.2 Å². The van der Waals surface area contributed by atoms with Gasteiger partial charge in [0.05, 0.1) is 7.05 Å². The Kier molecular flexibility index (Phi) is 3.50. The van der Waals surface area contributed by atoms with Crippen molar-refractivity contribution in [1.29, 1.82) is 0 Å². The lowest BCUT2D eigenvalue weighted by Crippen LogP contribution is -2.13. The fourth-order valence-electron chi connectivity index (χ4n) is 1.48. The van der Waals surface area contributed by atoms with Gasteiger partial charge in [-0.1, -0.05) is 0 Å². The summed E-state index contributed by atoms with van der Waals surface area (Å²) in [6.07, 6.45) is 2.56. The summed E-state index contributed by atoms with van der Waals surface area (Å²) in [5.74, 6) is -0.102. The zero-order chi connectivity index (χ0) is 13.3. The first-order valence-electron chi connectivity index (χ1n) is 4.67. The van der Waals surface area contributed by atoms with Crippen molar-refractivity contribution in [3.63, 3.8) is 0 Å². The summed E-state index contributed by atoms with van der Waals surface area (Å²) < 4.78 is 21.9. The molecule has 96 valence electrons. The Labute approximate surface area is 108 Å². The Balaban J connectivity index is 2.51. The molecule has 8 nitrogen and oxygen atoms in total. The van der Waals surface area contributed by atoms with Gasteiger partial charge in [0, 0.05) is 11.6 Å². The van der Waals surface area contributed by atoms with Crippen LogP contribution < -0.4 is 0 Å². The van der Waals surface area contributed by atoms with Crippen molar-refractivity contribution in [3.05, 3.63) is 38.7 Å². The van der Waals surface area contributed by atoms with Gasteiger partial charge in [0.25, 0.3) is 0 Å². The molecule has 2 unspecified atom stereocenters. The number of hydrogen-bond acceptors (Lipinski definition) is 6. The van der Waals surface area contributed by atoms with E-state index in [0.29, 0.717) is 5.01 Å². The Morgan fingerprint density at radius 3 is 2.78 bits per heavy atom. The zero-order valence-electron chi connectivity index (χ0n) is 9.09. The standard InChI is InChI=1S/C8H8N4O4S2/c1-11-5(12(13)14)4-10-7(11)6(18(15)16)8-9-2-3-17-8/h2-4,6H,1H3,(H,15,16). The van der Waals surface area contributed by atoms with Crippen LogP contribution in [0.2, 0.25) is 0 Å². The van der Waals surface area contributed by atoms with Gasteiger partial charge < -0.3 is 14.7 Å². The van der Waals surface area contributed by atoms with Crippen LogP contribution >= 0.6 is 11.3 Å². The van der Waals surface area contributed by atoms with E-state index < -0.39 is 21.3 Å². The van der Waals surface area contributed by atoms with Gasteiger partial charge in [-0.05, 0) is 4.92 Å². The highest BCUT2D eigenvalue weighted by Gasteiger charge is 2.32. The quantitative estimate of drug-likeness (QED) is 0.512. The molecule has 0 aliphatic heterocycles. The molecule has 0 aromatic carbocycles. The Hall–Kier alpha value is -1.65. The molecule has 18 heavy (non-hydrogen) atoms. The molecule has 0 fully saturated rings. The van der Waals surface area contributed by atoms with E-state index in [0.717, 1.165) is 6.20 Å². The lowest BCUT2D eigenvalue weighted by atomic mass is 10.4. The number of nitrogens with zero attached hydrogens (tertiary/aromatic N) is 4. The second-order valence-corrected chi connectivity index (χ2v) is 5.27. The minimum Gasteiger partial charge on any atom is -0.358 e. The van der Waals surface area contributed by atoms with E-state index in [9.17, 15) is 18.9 Å². The molecule has 0 saturated carbocycles. The average molecular weight is 288 g/mol. The number of nitro groups is 1. The van der Waals surface area contributed by atoms with Crippen molar-refractivity contribution in [2.75, 3.05) is 0 Å². The molecule has 2 aromatic rings. The third kappa shape index (κ3) is 2.17. The maximum Gasteiger partial charge on any atom is 0.342 e. The van der Waals surface area contributed by atoms with E-state index in [4.69, 9.17) is 0 Å². The molecule has 0 aliphatic carbocycles. The van der Waals surface area contributed by atoms with Crippen LogP contribution in [0.1, 0.15) is 16.1 Å². The highest BCUT2D eigenvalue weighted by Crippen LogP contribution is 2.29. The van der Waals surface area contributed by atoms with Gasteiger partial charge in [-0.2, -0.15) is 0 Å². The van der Waals surface area contributed by atoms with Gasteiger partial charge in [0.1, 0.15) is 11.2 Å². The van der Waals surface area contributed by atoms with E-state index in [1.807, 2.05) is 0 Å². The number of rotatable bonds is 4. The minimum absolute atomic E-state index is 0.137. The largest absolute Gasteiger partial charge is 0.358 e. The number of hydrogen-bond donors (Lipinski definition) is 1. The third-order valence-corrected chi connectivity index (χ3v) is 4.13. The van der Waals surface area contributed by atoms with Crippen molar-refractivity contribution < 1.29 is 13.7 Å². The normalized spacial score (nSPS) is 14.3. The molecule has 2 heterocycles. The maximum absolute atomic E-state index is 11.4. The smallest absolute Gasteiger partial charge is 0.342 e. The Bertz CT molecular complexity index is 594. The van der Waals surface area contributed by atoms with Gasteiger partial charge in [-0.15, -0.1) is 11.3 Å². The Morgan fingerprint density at radius 2 is 2.33 bits per heavy atom. The van der Waals surface area contributed by atoms with E-state index >= 15 is 0 Å². The van der Waals surface area contributed by atoms with Crippen molar-refractivity contribution in [2.24, 2.45) is 7.05 Å². The molecule has 0 saturated heterocycles. The first-order chi connectivity index (χ1) is 8.52. The highest BCUT2D eigenvalue weighted by atomic mass is 32.2. The van der Waals surface area contributed by atoms with Crippen molar-refractivity contribution in [2.45, 2.75) is 5.25 Å². The van der Waals surface area contributed by atoms with Gasteiger partial charge in [0.15, 0.2) is 16.3 Å². The summed E-state index contributed by atoms with van der Waals surface area (Å²) in [5.41, 5.74) is 0. The van der Waals surface area contributed by atoms with E-state index in [1.165, 1.54) is 29.1 Å². The zero-order valence-corrected chi connectivity index (χ0v) is 10.7. The number of aromatic nitrogens is 3. The predicted octanol–water partition coefficient (Wildman–Crippen LogP) is 1.10. The van der Waals surface area contributed by atoms with Crippen LogP contribution in [0.5, 0.6) is 0 Å². The summed E-state index contributed by atoms with van der Waals surface area (Å²) in [4.78, 5) is 17.9. The fourth-order valence-corrected chi connectivity index (χ4v) is 3.14. The SMILES string of the molecule is Cn1c([N+](=O)[O-])cnc1C(c1nccs1)S(=O)O. The molecular weight excluding hydrogens is 280 g/mol. The van der Waals surface area contributed by atoms with Gasteiger partial charge in [0.2, 0.25) is 5.82 Å². The first kappa shape index (κ1) is 12.8.